The highest BCUT2D eigenvalue weighted by atomic mass is 14.0. The number of hydrogen-bond acceptors (Lipinski definition) is 0. The van der Waals surface area contributed by atoms with Gasteiger partial charge in [0.05, 0.1) is 0 Å². The van der Waals surface area contributed by atoms with E-state index in [2.05, 4.69) is 32.9 Å². The zero-order chi connectivity index (χ0) is 7.82. The van der Waals surface area contributed by atoms with Gasteiger partial charge in [0.1, 0.15) is 0 Å². The Labute approximate surface area is 65.3 Å². The minimum atomic E-state index is 1.17. The maximum Gasteiger partial charge on any atom is -0.0272 e. The van der Waals surface area contributed by atoms with Gasteiger partial charge in [-0.3, -0.25) is 0 Å². The Balaban J connectivity index is 3.10. The molecule has 0 fully saturated rings. The van der Waals surface area contributed by atoms with Crippen LogP contribution >= 0.6 is 0 Å². The summed E-state index contributed by atoms with van der Waals surface area (Å²) >= 11 is 0. The third-order valence-corrected chi connectivity index (χ3v) is 1.74. The van der Waals surface area contributed by atoms with Crippen molar-refractivity contribution in [1.29, 1.82) is 0 Å². The topological polar surface area (TPSA) is 0 Å². The average molecular weight is 139 g/mol. The highest BCUT2D eigenvalue weighted by Crippen LogP contribution is 2.11. The Bertz CT molecular complexity index is 82.0. The molecule has 0 heteroatoms. The molecule has 0 heterocycles. The van der Waals surface area contributed by atoms with E-state index in [9.17, 15) is 0 Å². The van der Waals surface area contributed by atoms with Crippen molar-refractivity contribution in [2.75, 3.05) is 0 Å². The first-order chi connectivity index (χ1) is 4.81. The van der Waals surface area contributed by atoms with Crippen LogP contribution in [0.25, 0.3) is 0 Å². The molecule has 0 aliphatic rings. The van der Waals surface area contributed by atoms with Crippen molar-refractivity contribution in [1.82, 2.24) is 0 Å². The van der Waals surface area contributed by atoms with Crippen LogP contribution in [0.5, 0.6) is 0 Å². The van der Waals surface area contributed by atoms with Crippen molar-refractivity contribution >= 4 is 0 Å². The van der Waals surface area contributed by atoms with Crippen LogP contribution in [-0.4, -0.2) is 0 Å². The minimum Gasteiger partial charge on any atom is -0.0888 e. The molecular formula is C10H19. The molecule has 0 rings (SSSR count). The van der Waals surface area contributed by atoms with Crippen molar-refractivity contribution in [3.05, 3.63) is 18.1 Å². The fraction of sp³-hybridized carbons (Fsp3) is 0.700. The maximum atomic E-state index is 2.28. The predicted molar refractivity (Wildman–Crippen MR) is 47.9 cm³/mol. The molecule has 0 saturated carbocycles. The van der Waals surface area contributed by atoms with Crippen molar-refractivity contribution in [3.63, 3.8) is 0 Å². The lowest BCUT2D eigenvalue weighted by atomic mass is 10.0. The summed E-state index contributed by atoms with van der Waals surface area (Å²) in [5.41, 5.74) is 0. The minimum absolute atomic E-state index is 1.17. The third-order valence-electron chi connectivity index (χ3n) is 1.74. The van der Waals surface area contributed by atoms with Gasteiger partial charge in [0.15, 0.2) is 0 Å². The molecule has 0 bridgehead atoms. The SMILES string of the molecule is CCC=CCC[C](C)CC. The molecule has 0 saturated heterocycles. The molecule has 0 N–H and O–H groups in total. The first kappa shape index (κ1) is 9.74. The second-order valence-electron chi connectivity index (χ2n) is 2.73. The molecule has 0 amide bonds. The molecule has 10 heavy (non-hydrogen) atoms. The summed E-state index contributed by atoms with van der Waals surface area (Å²) in [6.07, 6.45) is 9.42. The normalized spacial score (nSPS) is 11.6. The van der Waals surface area contributed by atoms with Crippen molar-refractivity contribution in [2.24, 2.45) is 0 Å². The van der Waals surface area contributed by atoms with Crippen LogP contribution in [0.1, 0.15) is 46.5 Å². The molecule has 0 spiro atoms. The van der Waals surface area contributed by atoms with E-state index in [1.165, 1.54) is 25.7 Å². The second-order valence-corrected chi connectivity index (χ2v) is 2.73. The number of allylic oxidation sites excluding steroid dienone is 2. The summed E-state index contributed by atoms with van der Waals surface area (Å²) in [7, 11) is 0. The molecule has 0 aromatic rings. The van der Waals surface area contributed by atoms with Gasteiger partial charge >= 0.3 is 0 Å². The Kier molecular flexibility index (Phi) is 6.68. The van der Waals surface area contributed by atoms with E-state index >= 15 is 0 Å². The van der Waals surface area contributed by atoms with Crippen LogP contribution in [0.2, 0.25) is 0 Å². The largest absolute Gasteiger partial charge is 0.0888 e. The monoisotopic (exact) mass is 139 g/mol. The molecule has 0 unspecified atom stereocenters. The van der Waals surface area contributed by atoms with E-state index in [1.807, 2.05) is 0 Å². The van der Waals surface area contributed by atoms with Crippen molar-refractivity contribution < 1.29 is 0 Å². The van der Waals surface area contributed by atoms with Gasteiger partial charge in [0.25, 0.3) is 0 Å². The van der Waals surface area contributed by atoms with Gasteiger partial charge in [-0.2, -0.15) is 0 Å². The van der Waals surface area contributed by atoms with Gasteiger partial charge in [-0.25, -0.2) is 0 Å². The molecular weight excluding hydrogens is 120 g/mol. The van der Waals surface area contributed by atoms with Crippen molar-refractivity contribution in [2.45, 2.75) is 46.5 Å². The van der Waals surface area contributed by atoms with Gasteiger partial charge in [-0.15, -0.1) is 0 Å². The van der Waals surface area contributed by atoms with E-state index in [-0.39, 0.29) is 0 Å². The van der Waals surface area contributed by atoms with E-state index in [0.29, 0.717) is 0 Å². The number of hydrogen-bond donors (Lipinski definition) is 0. The molecule has 0 nitrogen and oxygen atoms in total. The lowest BCUT2D eigenvalue weighted by Crippen LogP contribution is -1.86. The first-order valence-electron chi connectivity index (χ1n) is 4.27. The molecule has 0 aromatic carbocycles. The molecule has 0 aliphatic carbocycles. The Morgan fingerprint density at radius 3 is 2.40 bits per heavy atom. The summed E-state index contributed by atoms with van der Waals surface area (Å²) in [5.74, 6) is 1.61. The second kappa shape index (κ2) is 6.85. The Hall–Kier alpha value is -0.260. The van der Waals surface area contributed by atoms with Crippen LogP contribution in [-0.2, 0) is 0 Å². The predicted octanol–water partition coefficient (Wildman–Crippen LogP) is 3.74. The van der Waals surface area contributed by atoms with E-state index in [4.69, 9.17) is 0 Å². The highest BCUT2D eigenvalue weighted by Gasteiger charge is 1.94. The smallest absolute Gasteiger partial charge is 0.0272 e. The first-order valence-corrected chi connectivity index (χ1v) is 4.27. The van der Waals surface area contributed by atoms with Crippen LogP contribution in [0.4, 0.5) is 0 Å². The van der Waals surface area contributed by atoms with E-state index in [0.717, 1.165) is 0 Å². The number of rotatable bonds is 5. The highest BCUT2D eigenvalue weighted by molar-refractivity contribution is 4.88. The summed E-state index contributed by atoms with van der Waals surface area (Å²) in [6.45, 7) is 6.63. The van der Waals surface area contributed by atoms with Crippen LogP contribution < -0.4 is 0 Å². The molecule has 0 aliphatic heterocycles. The fourth-order valence-electron chi connectivity index (χ4n) is 0.791. The van der Waals surface area contributed by atoms with Gasteiger partial charge in [0, 0.05) is 0 Å². The van der Waals surface area contributed by atoms with Gasteiger partial charge in [-0.1, -0.05) is 39.3 Å². The summed E-state index contributed by atoms with van der Waals surface area (Å²) in [5, 5.41) is 0. The van der Waals surface area contributed by atoms with Gasteiger partial charge in [-0.05, 0) is 25.2 Å². The zero-order valence-corrected chi connectivity index (χ0v) is 7.48. The standard InChI is InChI=1S/C10H19/c1-4-6-7-8-9-10(3)5-2/h6-7H,4-5,8-9H2,1-3H3. The lowest BCUT2D eigenvalue weighted by Gasteiger charge is -2.02. The molecule has 0 aromatic heterocycles. The summed E-state index contributed by atoms with van der Waals surface area (Å²) in [6, 6.07) is 0. The van der Waals surface area contributed by atoms with E-state index < -0.39 is 0 Å². The van der Waals surface area contributed by atoms with Gasteiger partial charge < -0.3 is 0 Å². The summed E-state index contributed by atoms with van der Waals surface area (Å²) in [4.78, 5) is 0. The third kappa shape index (κ3) is 5.87. The Morgan fingerprint density at radius 1 is 1.20 bits per heavy atom. The quantitative estimate of drug-likeness (QED) is 0.509. The Morgan fingerprint density at radius 2 is 1.90 bits per heavy atom. The maximum absolute atomic E-state index is 2.28. The van der Waals surface area contributed by atoms with Crippen LogP contribution in [0.3, 0.4) is 0 Å². The summed E-state index contributed by atoms with van der Waals surface area (Å²) < 4.78 is 0. The molecule has 0 atom stereocenters. The van der Waals surface area contributed by atoms with Gasteiger partial charge in [0.2, 0.25) is 0 Å². The zero-order valence-electron chi connectivity index (χ0n) is 7.48. The lowest BCUT2D eigenvalue weighted by molar-refractivity contribution is 0.774. The van der Waals surface area contributed by atoms with Crippen LogP contribution in [0.15, 0.2) is 12.2 Å². The molecule has 1 radical (unpaired) electrons. The fourth-order valence-corrected chi connectivity index (χ4v) is 0.791. The van der Waals surface area contributed by atoms with Crippen LogP contribution in [0, 0.1) is 5.92 Å². The molecule has 59 valence electrons. The van der Waals surface area contributed by atoms with Crippen molar-refractivity contribution in [3.8, 4) is 0 Å². The average Bonchev–Trinajstić information content (AvgIpc) is 1.98. The van der Waals surface area contributed by atoms with E-state index in [1.54, 1.807) is 5.92 Å².